The van der Waals surface area contributed by atoms with Crippen LogP contribution in [0.1, 0.15) is 31.9 Å². The summed E-state index contributed by atoms with van der Waals surface area (Å²) in [5.74, 6) is 0.0362. The Morgan fingerprint density at radius 3 is 2.68 bits per heavy atom. The van der Waals surface area contributed by atoms with Crippen LogP contribution in [0.25, 0.3) is 10.9 Å². The monoisotopic (exact) mass is 415 g/mol. The van der Waals surface area contributed by atoms with E-state index in [4.69, 9.17) is 11.6 Å². The largest absolute Gasteiger partial charge is 0.351 e. The van der Waals surface area contributed by atoms with Crippen LogP contribution in [0.3, 0.4) is 0 Å². The Morgan fingerprint density at radius 2 is 1.93 bits per heavy atom. The first-order chi connectivity index (χ1) is 13.5. The molecular formula is C21H22ClN3O2S. The number of nitrogens with zero attached hydrogens (tertiary/aromatic N) is 2. The van der Waals surface area contributed by atoms with Gasteiger partial charge >= 0.3 is 0 Å². The number of halogens is 1. The van der Waals surface area contributed by atoms with Crippen LogP contribution in [0, 0.1) is 0 Å². The first-order valence-electron chi connectivity index (χ1n) is 9.15. The molecule has 0 fully saturated rings. The molecule has 0 unspecified atom stereocenters. The van der Waals surface area contributed by atoms with Crippen LogP contribution in [0.15, 0.2) is 58.5 Å². The highest BCUT2D eigenvalue weighted by atomic mass is 35.5. The molecule has 3 aromatic rings. The van der Waals surface area contributed by atoms with Crippen molar-refractivity contribution in [3.05, 3.63) is 69.5 Å². The molecule has 1 heterocycles. The minimum atomic E-state index is -0.136. The van der Waals surface area contributed by atoms with E-state index in [-0.39, 0.29) is 23.3 Å². The zero-order valence-corrected chi connectivity index (χ0v) is 17.4. The standard InChI is InChI=1S/C21H22ClN3O2S/c1-3-14(2)25-20(27)16-9-5-7-11-18(16)24-21(25)28-13-19(26)23-12-15-8-4-6-10-17(15)22/h4-11,14H,3,12-13H2,1-2H3,(H,23,26)/t14-/m1/s1. The van der Waals surface area contributed by atoms with E-state index in [1.165, 1.54) is 11.8 Å². The molecule has 0 bridgehead atoms. The highest BCUT2D eigenvalue weighted by molar-refractivity contribution is 7.99. The molecule has 7 heteroatoms. The minimum absolute atomic E-state index is 0.00158. The molecule has 1 aromatic heterocycles. The summed E-state index contributed by atoms with van der Waals surface area (Å²) in [5.41, 5.74) is 1.44. The molecule has 28 heavy (non-hydrogen) atoms. The quantitative estimate of drug-likeness (QED) is 0.458. The predicted octanol–water partition coefficient (Wildman–Crippen LogP) is 4.43. The molecule has 1 atom stereocenters. The maximum Gasteiger partial charge on any atom is 0.262 e. The van der Waals surface area contributed by atoms with Crippen LogP contribution < -0.4 is 10.9 Å². The van der Waals surface area contributed by atoms with E-state index < -0.39 is 0 Å². The van der Waals surface area contributed by atoms with Gasteiger partial charge in [-0.15, -0.1) is 0 Å². The number of benzene rings is 2. The van der Waals surface area contributed by atoms with Gasteiger partial charge in [0.2, 0.25) is 5.91 Å². The maximum absolute atomic E-state index is 12.9. The number of amides is 1. The highest BCUT2D eigenvalue weighted by Gasteiger charge is 2.16. The summed E-state index contributed by atoms with van der Waals surface area (Å²) >= 11 is 7.39. The molecule has 0 radical (unpaired) electrons. The van der Waals surface area contributed by atoms with Crippen LogP contribution in [-0.4, -0.2) is 21.2 Å². The number of rotatable bonds is 7. The van der Waals surface area contributed by atoms with Crippen molar-refractivity contribution < 1.29 is 4.79 Å². The lowest BCUT2D eigenvalue weighted by Gasteiger charge is -2.18. The van der Waals surface area contributed by atoms with Gasteiger partial charge in [0.05, 0.1) is 16.7 Å². The fourth-order valence-corrected chi connectivity index (χ4v) is 3.94. The lowest BCUT2D eigenvalue weighted by atomic mass is 10.2. The highest BCUT2D eigenvalue weighted by Crippen LogP contribution is 2.22. The van der Waals surface area contributed by atoms with Crippen LogP contribution in [-0.2, 0) is 11.3 Å². The topological polar surface area (TPSA) is 64.0 Å². The lowest BCUT2D eigenvalue weighted by Crippen LogP contribution is -2.28. The number of thioether (sulfide) groups is 1. The van der Waals surface area contributed by atoms with Gasteiger partial charge in [-0.1, -0.05) is 60.6 Å². The third kappa shape index (κ3) is 4.56. The second kappa shape index (κ2) is 9.26. The minimum Gasteiger partial charge on any atom is -0.351 e. The van der Waals surface area contributed by atoms with E-state index in [9.17, 15) is 9.59 Å². The molecule has 0 aliphatic heterocycles. The van der Waals surface area contributed by atoms with E-state index in [1.807, 2.05) is 50.2 Å². The van der Waals surface area contributed by atoms with Gasteiger partial charge in [0.1, 0.15) is 0 Å². The Hall–Kier alpha value is -2.31. The van der Waals surface area contributed by atoms with E-state index in [2.05, 4.69) is 10.3 Å². The van der Waals surface area contributed by atoms with Crippen molar-refractivity contribution in [2.24, 2.45) is 0 Å². The molecule has 1 amide bonds. The first-order valence-corrected chi connectivity index (χ1v) is 10.5. The van der Waals surface area contributed by atoms with Crippen LogP contribution in [0.2, 0.25) is 5.02 Å². The van der Waals surface area contributed by atoms with Crippen molar-refractivity contribution in [3.63, 3.8) is 0 Å². The van der Waals surface area contributed by atoms with Crippen molar-refractivity contribution >= 4 is 40.2 Å². The first kappa shape index (κ1) is 20.4. The molecule has 0 saturated heterocycles. The molecule has 0 aliphatic carbocycles. The number of para-hydroxylation sites is 1. The normalized spacial score (nSPS) is 12.1. The fourth-order valence-electron chi connectivity index (χ4n) is 2.82. The van der Waals surface area contributed by atoms with Gasteiger partial charge < -0.3 is 5.32 Å². The summed E-state index contributed by atoms with van der Waals surface area (Å²) in [6, 6.07) is 14.7. The van der Waals surface area contributed by atoms with Crippen molar-refractivity contribution in [2.45, 2.75) is 38.0 Å². The average Bonchev–Trinajstić information content (AvgIpc) is 2.71. The number of carbonyl (C=O) groups excluding carboxylic acids is 1. The zero-order valence-electron chi connectivity index (χ0n) is 15.8. The third-order valence-corrected chi connectivity index (χ3v) is 5.89. The smallest absolute Gasteiger partial charge is 0.262 e. The van der Waals surface area contributed by atoms with Gasteiger partial charge in [0.15, 0.2) is 5.16 Å². The average molecular weight is 416 g/mol. The van der Waals surface area contributed by atoms with Gasteiger partial charge in [0.25, 0.3) is 5.56 Å². The Labute approximate surface area is 173 Å². The van der Waals surface area contributed by atoms with Crippen LogP contribution in [0.5, 0.6) is 0 Å². The van der Waals surface area contributed by atoms with Crippen molar-refractivity contribution in [1.82, 2.24) is 14.9 Å². The Morgan fingerprint density at radius 1 is 1.21 bits per heavy atom. The number of hydrogen-bond acceptors (Lipinski definition) is 4. The number of hydrogen-bond donors (Lipinski definition) is 1. The number of nitrogens with one attached hydrogen (secondary N) is 1. The molecule has 5 nitrogen and oxygen atoms in total. The van der Waals surface area contributed by atoms with Gasteiger partial charge in [-0.3, -0.25) is 14.2 Å². The summed E-state index contributed by atoms with van der Waals surface area (Å²) < 4.78 is 1.69. The molecule has 0 spiro atoms. The molecule has 146 valence electrons. The molecule has 0 saturated carbocycles. The van der Waals surface area contributed by atoms with Gasteiger partial charge in [-0.2, -0.15) is 0 Å². The molecule has 3 rings (SSSR count). The van der Waals surface area contributed by atoms with E-state index in [0.29, 0.717) is 27.6 Å². The number of carbonyl (C=O) groups is 1. The van der Waals surface area contributed by atoms with E-state index in [0.717, 1.165) is 12.0 Å². The zero-order chi connectivity index (χ0) is 20.1. The summed E-state index contributed by atoms with van der Waals surface area (Å²) in [6.07, 6.45) is 0.798. The van der Waals surface area contributed by atoms with Crippen LogP contribution >= 0.6 is 23.4 Å². The van der Waals surface area contributed by atoms with E-state index >= 15 is 0 Å². The number of fused-ring (bicyclic) bond motifs is 1. The summed E-state index contributed by atoms with van der Waals surface area (Å²) in [6.45, 7) is 4.37. The van der Waals surface area contributed by atoms with Gasteiger partial charge in [-0.05, 0) is 37.1 Å². The predicted molar refractivity (Wildman–Crippen MR) is 115 cm³/mol. The van der Waals surface area contributed by atoms with Crippen LogP contribution in [0.4, 0.5) is 0 Å². The SMILES string of the molecule is CC[C@@H](C)n1c(SCC(=O)NCc2ccccc2Cl)nc2ccccc2c1=O. The second-order valence-corrected chi connectivity index (χ2v) is 7.85. The lowest BCUT2D eigenvalue weighted by molar-refractivity contribution is -0.118. The fraction of sp³-hybridized carbons (Fsp3) is 0.286. The van der Waals surface area contributed by atoms with Crippen molar-refractivity contribution in [3.8, 4) is 0 Å². The molecule has 1 N–H and O–H groups in total. The summed E-state index contributed by atoms with van der Waals surface area (Å²) in [5, 5.41) is 4.64. The Kier molecular flexibility index (Phi) is 6.75. The summed E-state index contributed by atoms with van der Waals surface area (Å²) in [4.78, 5) is 29.9. The van der Waals surface area contributed by atoms with Gasteiger partial charge in [-0.25, -0.2) is 4.98 Å². The second-order valence-electron chi connectivity index (χ2n) is 6.50. The summed E-state index contributed by atoms with van der Waals surface area (Å²) in [7, 11) is 0. The molecular weight excluding hydrogens is 394 g/mol. The van der Waals surface area contributed by atoms with Gasteiger partial charge in [0, 0.05) is 17.6 Å². The van der Waals surface area contributed by atoms with Crippen molar-refractivity contribution in [1.29, 1.82) is 0 Å². The Bertz CT molecular complexity index is 1050. The third-order valence-electron chi connectivity index (χ3n) is 4.57. The molecule has 0 aliphatic rings. The number of aromatic nitrogens is 2. The molecule has 2 aromatic carbocycles. The van der Waals surface area contributed by atoms with Crippen molar-refractivity contribution in [2.75, 3.05) is 5.75 Å². The maximum atomic E-state index is 12.9. The Balaban J connectivity index is 1.77. The van der Waals surface area contributed by atoms with E-state index in [1.54, 1.807) is 16.7 Å².